The summed E-state index contributed by atoms with van der Waals surface area (Å²) in [5.74, 6) is -0.197. The number of hydrogen-bond acceptors (Lipinski definition) is 3. The summed E-state index contributed by atoms with van der Waals surface area (Å²) >= 11 is 1.62. The first-order valence-corrected chi connectivity index (χ1v) is 9.04. The molecular weight excluding hydrogens is 320 g/mol. The Balaban J connectivity index is 2.09. The van der Waals surface area contributed by atoms with Crippen LogP contribution in [-0.2, 0) is 11.3 Å². The smallest absolute Gasteiger partial charge is 0.251 e. The van der Waals surface area contributed by atoms with E-state index >= 15 is 0 Å². The molecule has 0 aliphatic carbocycles. The summed E-state index contributed by atoms with van der Waals surface area (Å²) in [6.45, 7) is 4.58. The Bertz CT molecular complexity index is 655. The zero-order chi connectivity index (χ0) is 17.5. The van der Waals surface area contributed by atoms with Gasteiger partial charge in [-0.05, 0) is 29.5 Å². The molecule has 5 heteroatoms. The van der Waals surface area contributed by atoms with Crippen LogP contribution in [0.15, 0.2) is 47.8 Å². The number of amides is 2. The normalized spacial score (nSPS) is 13.1. The minimum absolute atomic E-state index is 0.0537. The van der Waals surface area contributed by atoms with Crippen LogP contribution in [0.5, 0.6) is 0 Å². The first kappa shape index (κ1) is 18.2. The van der Waals surface area contributed by atoms with Gasteiger partial charge in [0.15, 0.2) is 0 Å². The molecule has 0 aliphatic rings. The van der Waals surface area contributed by atoms with Gasteiger partial charge in [-0.3, -0.25) is 9.59 Å². The van der Waals surface area contributed by atoms with E-state index in [2.05, 4.69) is 5.32 Å². The van der Waals surface area contributed by atoms with Crippen LogP contribution >= 0.6 is 11.3 Å². The second kappa shape index (κ2) is 8.64. The molecule has 1 aromatic carbocycles. The number of nitrogens with zero attached hydrogens (tertiary/aromatic N) is 1. The van der Waals surface area contributed by atoms with Crippen LogP contribution in [-0.4, -0.2) is 29.8 Å². The minimum atomic E-state index is -0.521. The van der Waals surface area contributed by atoms with Crippen molar-refractivity contribution in [1.29, 1.82) is 0 Å². The van der Waals surface area contributed by atoms with E-state index in [1.165, 1.54) is 0 Å². The van der Waals surface area contributed by atoms with Crippen LogP contribution in [0.1, 0.15) is 35.5 Å². The average Bonchev–Trinajstić information content (AvgIpc) is 3.11. The first-order chi connectivity index (χ1) is 11.5. The van der Waals surface area contributed by atoms with Gasteiger partial charge < -0.3 is 10.2 Å². The highest BCUT2D eigenvalue weighted by Gasteiger charge is 2.28. The van der Waals surface area contributed by atoms with Gasteiger partial charge in [-0.25, -0.2) is 0 Å². The van der Waals surface area contributed by atoms with Gasteiger partial charge in [0, 0.05) is 17.5 Å². The third-order valence-electron chi connectivity index (χ3n) is 4.15. The predicted octanol–water partition coefficient (Wildman–Crippen LogP) is 3.55. The van der Waals surface area contributed by atoms with Crippen LogP contribution in [0.2, 0.25) is 0 Å². The monoisotopic (exact) mass is 344 g/mol. The summed E-state index contributed by atoms with van der Waals surface area (Å²) < 4.78 is 0. The summed E-state index contributed by atoms with van der Waals surface area (Å²) in [7, 11) is 1.78. The molecule has 24 heavy (non-hydrogen) atoms. The van der Waals surface area contributed by atoms with Gasteiger partial charge in [-0.1, -0.05) is 44.5 Å². The van der Waals surface area contributed by atoms with Crippen molar-refractivity contribution in [3.8, 4) is 0 Å². The minimum Gasteiger partial charge on any atom is -0.340 e. The first-order valence-electron chi connectivity index (χ1n) is 8.16. The molecule has 128 valence electrons. The highest BCUT2D eigenvalue weighted by Crippen LogP contribution is 2.15. The Kier molecular flexibility index (Phi) is 6.55. The number of likely N-dealkylation sites (N-methyl/N-ethyl adjacent to an activating group) is 1. The van der Waals surface area contributed by atoms with Crippen molar-refractivity contribution in [2.75, 3.05) is 7.05 Å². The quantitative estimate of drug-likeness (QED) is 0.835. The van der Waals surface area contributed by atoms with Gasteiger partial charge in [0.25, 0.3) is 5.91 Å². The number of carbonyl (C=O) groups excluding carboxylic acids is 2. The third-order valence-corrected chi connectivity index (χ3v) is 5.01. The van der Waals surface area contributed by atoms with Crippen molar-refractivity contribution in [3.05, 3.63) is 58.3 Å². The van der Waals surface area contributed by atoms with E-state index in [0.717, 1.165) is 11.3 Å². The van der Waals surface area contributed by atoms with E-state index in [0.29, 0.717) is 12.1 Å². The van der Waals surface area contributed by atoms with E-state index in [1.54, 1.807) is 35.4 Å². The number of nitrogens with one attached hydrogen (secondary N) is 1. The molecule has 0 radical (unpaired) electrons. The molecule has 1 aromatic heterocycles. The Morgan fingerprint density at radius 2 is 1.88 bits per heavy atom. The fourth-order valence-electron chi connectivity index (χ4n) is 2.45. The van der Waals surface area contributed by atoms with Crippen LogP contribution in [0.4, 0.5) is 0 Å². The molecule has 2 aromatic rings. The van der Waals surface area contributed by atoms with E-state index in [1.807, 2.05) is 49.6 Å². The van der Waals surface area contributed by atoms with Gasteiger partial charge in [0.1, 0.15) is 6.04 Å². The highest BCUT2D eigenvalue weighted by atomic mass is 32.1. The molecule has 2 atom stereocenters. The SMILES string of the molecule is CCC(C)C(NC(=O)c1ccccc1)C(=O)N(C)Cc1cccs1. The van der Waals surface area contributed by atoms with Gasteiger partial charge in [0.2, 0.25) is 5.91 Å². The van der Waals surface area contributed by atoms with Gasteiger partial charge in [-0.2, -0.15) is 0 Å². The van der Waals surface area contributed by atoms with Gasteiger partial charge >= 0.3 is 0 Å². The van der Waals surface area contributed by atoms with Crippen LogP contribution < -0.4 is 5.32 Å². The van der Waals surface area contributed by atoms with E-state index in [4.69, 9.17) is 0 Å². The van der Waals surface area contributed by atoms with Crippen molar-refractivity contribution >= 4 is 23.2 Å². The maximum absolute atomic E-state index is 12.9. The van der Waals surface area contributed by atoms with E-state index < -0.39 is 6.04 Å². The zero-order valence-corrected chi connectivity index (χ0v) is 15.2. The summed E-state index contributed by atoms with van der Waals surface area (Å²) in [5, 5.41) is 4.91. The highest BCUT2D eigenvalue weighted by molar-refractivity contribution is 7.09. The lowest BCUT2D eigenvalue weighted by Crippen LogP contribution is -2.50. The Morgan fingerprint density at radius 3 is 2.46 bits per heavy atom. The molecule has 0 fully saturated rings. The van der Waals surface area contributed by atoms with Crippen LogP contribution in [0.25, 0.3) is 0 Å². The number of benzene rings is 1. The molecule has 0 aliphatic heterocycles. The van der Waals surface area contributed by atoms with Crippen LogP contribution in [0, 0.1) is 5.92 Å². The number of rotatable bonds is 7. The Morgan fingerprint density at radius 1 is 1.17 bits per heavy atom. The molecule has 0 spiro atoms. The molecule has 4 nitrogen and oxygen atoms in total. The summed E-state index contributed by atoms with van der Waals surface area (Å²) in [5.41, 5.74) is 0.569. The zero-order valence-electron chi connectivity index (χ0n) is 14.4. The third kappa shape index (κ3) is 4.68. The number of thiophene rings is 1. The molecule has 0 bridgehead atoms. The molecular formula is C19H24N2O2S. The lowest BCUT2D eigenvalue weighted by molar-refractivity contribution is -0.133. The Hall–Kier alpha value is -2.14. The molecule has 2 amide bonds. The lowest BCUT2D eigenvalue weighted by Gasteiger charge is -2.28. The summed E-state index contributed by atoms with van der Waals surface area (Å²) in [4.78, 5) is 28.1. The second-order valence-corrected chi connectivity index (χ2v) is 7.01. The number of hydrogen-bond donors (Lipinski definition) is 1. The van der Waals surface area contributed by atoms with Gasteiger partial charge in [0.05, 0.1) is 6.54 Å². The fourth-order valence-corrected chi connectivity index (χ4v) is 3.21. The van der Waals surface area contributed by atoms with Crippen molar-refractivity contribution in [1.82, 2.24) is 10.2 Å². The largest absolute Gasteiger partial charge is 0.340 e. The summed E-state index contributed by atoms with van der Waals surface area (Å²) in [6, 6.07) is 12.5. The van der Waals surface area contributed by atoms with Crippen molar-refractivity contribution in [2.24, 2.45) is 5.92 Å². The molecule has 2 rings (SSSR count). The predicted molar refractivity (Wildman–Crippen MR) is 97.9 cm³/mol. The molecule has 0 saturated heterocycles. The Labute approximate surface area is 147 Å². The molecule has 2 unspecified atom stereocenters. The summed E-state index contributed by atoms with van der Waals surface area (Å²) in [6.07, 6.45) is 0.818. The second-order valence-electron chi connectivity index (χ2n) is 5.98. The molecule has 1 N–H and O–H groups in total. The maximum atomic E-state index is 12.9. The maximum Gasteiger partial charge on any atom is 0.251 e. The van der Waals surface area contributed by atoms with Gasteiger partial charge in [-0.15, -0.1) is 11.3 Å². The van der Waals surface area contributed by atoms with Crippen LogP contribution in [0.3, 0.4) is 0 Å². The van der Waals surface area contributed by atoms with Crippen molar-refractivity contribution in [3.63, 3.8) is 0 Å². The van der Waals surface area contributed by atoms with E-state index in [-0.39, 0.29) is 17.7 Å². The fraction of sp³-hybridized carbons (Fsp3) is 0.368. The number of carbonyl (C=O) groups is 2. The topological polar surface area (TPSA) is 49.4 Å². The van der Waals surface area contributed by atoms with Crippen molar-refractivity contribution in [2.45, 2.75) is 32.9 Å². The standard InChI is InChI=1S/C19H24N2O2S/c1-4-14(2)17(20-18(22)15-9-6-5-7-10-15)19(23)21(3)13-16-11-8-12-24-16/h5-12,14,17H,4,13H2,1-3H3,(H,20,22). The molecule has 1 heterocycles. The molecule has 0 saturated carbocycles. The average molecular weight is 344 g/mol. The van der Waals surface area contributed by atoms with E-state index in [9.17, 15) is 9.59 Å². The lowest BCUT2D eigenvalue weighted by atomic mass is 9.97. The van der Waals surface area contributed by atoms with Crippen molar-refractivity contribution < 1.29 is 9.59 Å².